The van der Waals surface area contributed by atoms with Crippen LogP contribution in [-0.2, 0) is 11.3 Å². The Labute approximate surface area is 156 Å². The van der Waals surface area contributed by atoms with Crippen molar-refractivity contribution >= 4 is 22.9 Å². The minimum absolute atomic E-state index is 0.280. The van der Waals surface area contributed by atoms with E-state index in [1.807, 2.05) is 38.1 Å². The van der Waals surface area contributed by atoms with Gasteiger partial charge >= 0.3 is 5.97 Å². The summed E-state index contributed by atoms with van der Waals surface area (Å²) in [5, 5.41) is 11.6. The van der Waals surface area contributed by atoms with E-state index in [0.29, 0.717) is 11.3 Å². The maximum absolute atomic E-state index is 12.6. The van der Waals surface area contributed by atoms with Crippen molar-refractivity contribution < 1.29 is 19.4 Å². The van der Waals surface area contributed by atoms with Crippen molar-refractivity contribution in [2.24, 2.45) is 0 Å². The van der Waals surface area contributed by atoms with Crippen LogP contribution in [0.2, 0.25) is 0 Å². The second-order valence-corrected chi connectivity index (χ2v) is 6.11. The van der Waals surface area contributed by atoms with E-state index in [9.17, 15) is 9.59 Å². The molecule has 2 aromatic carbocycles. The molecule has 0 spiro atoms. The van der Waals surface area contributed by atoms with E-state index in [1.165, 1.54) is 6.07 Å². The highest BCUT2D eigenvalue weighted by molar-refractivity contribution is 5.94. The monoisotopic (exact) mass is 367 g/mol. The minimum Gasteiger partial charge on any atom is -0.482 e. The molecule has 0 fully saturated rings. The molecule has 0 aliphatic carbocycles. The standard InChI is InChI=1S/C20H21N3O4/c1-3-23-17-10-5-4-9-16(17)22-19(23)13(2)21-20(26)14-7-6-8-15(11-14)27-12-18(24)25/h4-11,13H,3,12H2,1-2H3,(H,21,26)(H,24,25). The van der Waals surface area contributed by atoms with Crippen LogP contribution in [0.3, 0.4) is 0 Å². The quantitative estimate of drug-likeness (QED) is 0.669. The first-order valence-electron chi connectivity index (χ1n) is 8.70. The number of fused-ring (bicyclic) bond motifs is 1. The Morgan fingerprint density at radius 2 is 2.00 bits per heavy atom. The lowest BCUT2D eigenvalue weighted by molar-refractivity contribution is -0.139. The van der Waals surface area contributed by atoms with Crippen molar-refractivity contribution in [1.82, 2.24) is 14.9 Å². The number of carboxylic acids is 1. The van der Waals surface area contributed by atoms with Gasteiger partial charge in [-0.15, -0.1) is 0 Å². The van der Waals surface area contributed by atoms with E-state index in [4.69, 9.17) is 9.84 Å². The van der Waals surface area contributed by atoms with Crippen molar-refractivity contribution in [1.29, 1.82) is 0 Å². The van der Waals surface area contributed by atoms with Gasteiger partial charge in [0.1, 0.15) is 11.6 Å². The van der Waals surface area contributed by atoms with Crippen LogP contribution in [0.1, 0.15) is 36.1 Å². The summed E-state index contributed by atoms with van der Waals surface area (Å²) >= 11 is 0. The second-order valence-electron chi connectivity index (χ2n) is 6.11. The molecular weight excluding hydrogens is 346 g/mol. The number of ether oxygens (including phenoxy) is 1. The molecule has 1 amide bonds. The molecule has 0 saturated heterocycles. The molecular formula is C20H21N3O4. The van der Waals surface area contributed by atoms with E-state index in [2.05, 4.69) is 14.9 Å². The summed E-state index contributed by atoms with van der Waals surface area (Å²) in [6, 6.07) is 14.0. The molecule has 1 heterocycles. The Kier molecular flexibility index (Phi) is 5.40. The molecule has 2 N–H and O–H groups in total. The zero-order valence-electron chi connectivity index (χ0n) is 15.2. The van der Waals surface area contributed by atoms with Gasteiger partial charge < -0.3 is 19.7 Å². The van der Waals surface area contributed by atoms with E-state index in [0.717, 1.165) is 23.4 Å². The first-order chi connectivity index (χ1) is 13.0. The maximum Gasteiger partial charge on any atom is 0.341 e. The highest BCUT2D eigenvalue weighted by atomic mass is 16.5. The molecule has 27 heavy (non-hydrogen) atoms. The van der Waals surface area contributed by atoms with Gasteiger partial charge in [-0.3, -0.25) is 4.79 Å². The number of rotatable bonds is 7. The number of nitrogens with zero attached hydrogens (tertiary/aromatic N) is 2. The van der Waals surface area contributed by atoms with E-state index < -0.39 is 12.6 Å². The fourth-order valence-electron chi connectivity index (χ4n) is 2.97. The SMILES string of the molecule is CCn1c(C(C)NC(=O)c2cccc(OCC(=O)O)c2)nc2ccccc21. The summed E-state index contributed by atoms with van der Waals surface area (Å²) in [6.45, 7) is 4.21. The number of imidazole rings is 1. The highest BCUT2D eigenvalue weighted by Crippen LogP contribution is 2.21. The number of hydrogen-bond donors (Lipinski definition) is 2. The van der Waals surface area contributed by atoms with Gasteiger partial charge in [-0.25, -0.2) is 9.78 Å². The van der Waals surface area contributed by atoms with Gasteiger partial charge in [0.25, 0.3) is 5.91 Å². The Hall–Kier alpha value is -3.35. The number of benzene rings is 2. The molecule has 0 bridgehead atoms. The van der Waals surface area contributed by atoms with Crippen LogP contribution in [0.15, 0.2) is 48.5 Å². The lowest BCUT2D eigenvalue weighted by atomic mass is 10.2. The molecule has 3 aromatic rings. The molecule has 140 valence electrons. The largest absolute Gasteiger partial charge is 0.482 e. The van der Waals surface area contributed by atoms with E-state index >= 15 is 0 Å². The van der Waals surface area contributed by atoms with Crippen LogP contribution in [0.5, 0.6) is 5.75 Å². The molecule has 3 rings (SSSR count). The van der Waals surface area contributed by atoms with Crippen LogP contribution in [0.25, 0.3) is 11.0 Å². The highest BCUT2D eigenvalue weighted by Gasteiger charge is 2.18. The van der Waals surface area contributed by atoms with Crippen LogP contribution >= 0.6 is 0 Å². The van der Waals surface area contributed by atoms with Crippen molar-refractivity contribution in [2.75, 3.05) is 6.61 Å². The van der Waals surface area contributed by atoms with Crippen LogP contribution < -0.4 is 10.1 Å². The zero-order valence-corrected chi connectivity index (χ0v) is 15.2. The van der Waals surface area contributed by atoms with Crippen molar-refractivity contribution in [2.45, 2.75) is 26.4 Å². The van der Waals surface area contributed by atoms with Gasteiger partial charge in [0.05, 0.1) is 17.1 Å². The number of aryl methyl sites for hydroxylation is 1. The number of amides is 1. The first kappa shape index (κ1) is 18.4. The molecule has 1 aromatic heterocycles. The van der Waals surface area contributed by atoms with Gasteiger partial charge in [-0.2, -0.15) is 0 Å². The molecule has 0 aliphatic rings. The molecule has 0 radical (unpaired) electrons. The van der Waals surface area contributed by atoms with Crippen molar-refractivity contribution in [3.8, 4) is 5.75 Å². The summed E-state index contributed by atoms with van der Waals surface area (Å²) in [5.74, 6) is -0.237. The number of para-hydroxylation sites is 2. The summed E-state index contributed by atoms with van der Waals surface area (Å²) in [4.78, 5) is 27.9. The number of carbonyl (C=O) groups is 2. The Morgan fingerprint density at radius 3 is 2.74 bits per heavy atom. The van der Waals surface area contributed by atoms with Crippen LogP contribution in [-0.4, -0.2) is 33.1 Å². The fourth-order valence-corrected chi connectivity index (χ4v) is 2.97. The average Bonchev–Trinajstić information content (AvgIpc) is 3.05. The molecule has 7 nitrogen and oxygen atoms in total. The van der Waals surface area contributed by atoms with Crippen molar-refractivity contribution in [3.63, 3.8) is 0 Å². The topological polar surface area (TPSA) is 93.5 Å². The number of nitrogens with one attached hydrogen (secondary N) is 1. The summed E-state index contributed by atoms with van der Waals surface area (Å²) in [6.07, 6.45) is 0. The zero-order chi connectivity index (χ0) is 19.4. The number of aliphatic carboxylic acids is 1. The third kappa shape index (κ3) is 4.08. The van der Waals surface area contributed by atoms with Gasteiger partial charge in [0.2, 0.25) is 0 Å². The summed E-state index contributed by atoms with van der Waals surface area (Å²) in [5.41, 5.74) is 2.31. The van der Waals surface area contributed by atoms with Gasteiger partial charge in [0, 0.05) is 12.1 Å². The third-order valence-electron chi connectivity index (χ3n) is 4.19. The molecule has 7 heteroatoms. The lowest BCUT2D eigenvalue weighted by Gasteiger charge is -2.15. The van der Waals surface area contributed by atoms with Crippen molar-refractivity contribution in [3.05, 3.63) is 59.9 Å². The normalized spacial score (nSPS) is 11.9. The molecule has 1 unspecified atom stereocenters. The Morgan fingerprint density at radius 1 is 1.22 bits per heavy atom. The van der Waals surface area contributed by atoms with Gasteiger partial charge in [-0.05, 0) is 44.2 Å². The lowest BCUT2D eigenvalue weighted by Crippen LogP contribution is -2.28. The molecule has 1 atom stereocenters. The number of carbonyl (C=O) groups excluding carboxylic acids is 1. The number of aromatic nitrogens is 2. The predicted molar refractivity (Wildman–Crippen MR) is 101 cm³/mol. The maximum atomic E-state index is 12.6. The second kappa shape index (κ2) is 7.90. The molecule has 0 aliphatic heterocycles. The fraction of sp³-hybridized carbons (Fsp3) is 0.250. The van der Waals surface area contributed by atoms with Gasteiger partial charge in [-0.1, -0.05) is 18.2 Å². The Balaban J connectivity index is 1.78. The Bertz CT molecular complexity index is 980. The van der Waals surface area contributed by atoms with Gasteiger partial charge in [0.15, 0.2) is 6.61 Å². The van der Waals surface area contributed by atoms with Crippen LogP contribution in [0, 0.1) is 0 Å². The average molecular weight is 367 g/mol. The number of hydrogen-bond acceptors (Lipinski definition) is 4. The predicted octanol–water partition coefficient (Wildman–Crippen LogP) is 3.01. The van der Waals surface area contributed by atoms with Crippen LogP contribution in [0.4, 0.5) is 0 Å². The third-order valence-corrected chi connectivity index (χ3v) is 4.19. The summed E-state index contributed by atoms with van der Waals surface area (Å²) in [7, 11) is 0. The summed E-state index contributed by atoms with van der Waals surface area (Å²) < 4.78 is 7.20. The first-order valence-corrected chi connectivity index (χ1v) is 8.70. The number of carboxylic acid groups (broad SMARTS) is 1. The minimum atomic E-state index is -1.07. The van der Waals surface area contributed by atoms with E-state index in [1.54, 1.807) is 18.2 Å². The van der Waals surface area contributed by atoms with E-state index in [-0.39, 0.29) is 11.9 Å². The smallest absolute Gasteiger partial charge is 0.341 e. The molecule has 0 saturated carbocycles.